The van der Waals surface area contributed by atoms with Crippen molar-refractivity contribution in [3.8, 4) is 0 Å². The van der Waals surface area contributed by atoms with Crippen molar-refractivity contribution in [2.75, 3.05) is 44.2 Å². The standard InChI is InChI=1S/C23H29N3O2/c1-20(27)24(14-12-21-8-4-2-5-9-21)15-13-23(28)26-18-16-25(17-19-26)22-10-6-3-7-11-22/h2-11H,12-19H2,1H3. The topological polar surface area (TPSA) is 43.9 Å². The molecule has 0 aromatic heterocycles. The Bertz CT molecular complexity index is 756. The van der Waals surface area contributed by atoms with Gasteiger partial charge in [0.25, 0.3) is 0 Å². The van der Waals surface area contributed by atoms with E-state index >= 15 is 0 Å². The number of benzene rings is 2. The van der Waals surface area contributed by atoms with E-state index in [9.17, 15) is 9.59 Å². The molecule has 28 heavy (non-hydrogen) atoms. The van der Waals surface area contributed by atoms with Crippen LogP contribution in [0.2, 0.25) is 0 Å². The Labute approximate surface area is 167 Å². The Balaban J connectivity index is 1.44. The first-order valence-corrected chi connectivity index (χ1v) is 10.0. The summed E-state index contributed by atoms with van der Waals surface area (Å²) in [4.78, 5) is 30.6. The van der Waals surface area contributed by atoms with Gasteiger partial charge in [-0.2, -0.15) is 0 Å². The Kier molecular flexibility index (Phi) is 7.06. The molecular formula is C23H29N3O2. The van der Waals surface area contributed by atoms with Crippen molar-refractivity contribution in [3.05, 3.63) is 66.2 Å². The SMILES string of the molecule is CC(=O)N(CCC(=O)N1CCN(c2ccccc2)CC1)CCc1ccccc1. The third-order valence-corrected chi connectivity index (χ3v) is 5.31. The van der Waals surface area contributed by atoms with Crippen molar-refractivity contribution in [2.45, 2.75) is 19.8 Å². The van der Waals surface area contributed by atoms with Gasteiger partial charge < -0.3 is 14.7 Å². The molecule has 2 aromatic carbocycles. The van der Waals surface area contributed by atoms with E-state index in [1.54, 1.807) is 11.8 Å². The Morgan fingerprint density at radius 2 is 1.46 bits per heavy atom. The summed E-state index contributed by atoms with van der Waals surface area (Å²) in [6, 6.07) is 20.4. The molecule has 3 rings (SSSR count). The summed E-state index contributed by atoms with van der Waals surface area (Å²) in [7, 11) is 0. The monoisotopic (exact) mass is 379 g/mol. The van der Waals surface area contributed by atoms with Gasteiger partial charge >= 0.3 is 0 Å². The summed E-state index contributed by atoms with van der Waals surface area (Å²) in [5, 5.41) is 0. The summed E-state index contributed by atoms with van der Waals surface area (Å²) in [5.74, 6) is 0.163. The Hall–Kier alpha value is -2.82. The maximum atomic E-state index is 12.6. The summed E-state index contributed by atoms with van der Waals surface area (Å²) in [6.07, 6.45) is 1.20. The van der Waals surface area contributed by atoms with Crippen molar-refractivity contribution < 1.29 is 9.59 Å². The van der Waals surface area contributed by atoms with Crippen LogP contribution in [0, 0.1) is 0 Å². The number of rotatable bonds is 7. The molecule has 1 fully saturated rings. The number of amides is 2. The van der Waals surface area contributed by atoms with Gasteiger partial charge in [0.1, 0.15) is 0 Å². The zero-order valence-corrected chi connectivity index (χ0v) is 16.6. The lowest BCUT2D eigenvalue weighted by Crippen LogP contribution is -2.49. The molecule has 0 atom stereocenters. The average Bonchev–Trinajstić information content (AvgIpc) is 2.75. The first kappa shape index (κ1) is 19.9. The molecule has 1 saturated heterocycles. The molecule has 2 aromatic rings. The normalized spacial score (nSPS) is 14.0. The number of nitrogens with zero attached hydrogens (tertiary/aromatic N) is 3. The van der Waals surface area contributed by atoms with Gasteiger partial charge in [-0.25, -0.2) is 0 Å². The zero-order valence-electron chi connectivity index (χ0n) is 16.6. The van der Waals surface area contributed by atoms with Crippen LogP contribution in [-0.2, 0) is 16.0 Å². The van der Waals surface area contributed by atoms with Gasteiger partial charge in [-0.3, -0.25) is 9.59 Å². The molecule has 0 aliphatic carbocycles. The van der Waals surface area contributed by atoms with Gasteiger partial charge in [-0.15, -0.1) is 0 Å². The van der Waals surface area contributed by atoms with Crippen LogP contribution < -0.4 is 4.90 Å². The van der Waals surface area contributed by atoms with Gasteiger partial charge in [0.15, 0.2) is 0 Å². The van der Waals surface area contributed by atoms with E-state index < -0.39 is 0 Å². The lowest BCUT2D eigenvalue weighted by Gasteiger charge is -2.36. The van der Waals surface area contributed by atoms with Crippen molar-refractivity contribution in [2.24, 2.45) is 0 Å². The highest BCUT2D eigenvalue weighted by atomic mass is 16.2. The molecule has 0 radical (unpaired) electrons. The molecule has 148 valence electrons. The summed E-state index contributed by atoms with van der Waals surface area (Å²) < 4.78 is 0. The van der Waals surface area contributed by atoms with Crippen LogP contribution in [-0.4, -0.2) is 60.9 Å². The molecule has 0 N–H and O–H groups in total. The largest absolute Gasteiger partial charge is 0.368 e. The van der Waals surface area contributed by atoms with E-state index in [1.807, 2.05) is 41.3 Å². The maximum Gasteiger partial charge on any atom is 0.224 e. The third-order valence-electron chi connectivity index (χ3n) is 5.31. The summed E-state index contributed by atoms with van der Waals surface area (Å²) in [6.45, 7) is 5.87. The number of piperazine rings is 1. The molecule has 2 amide bonds. The van der Waals surface area contributed by atoms with Gasteiger partial charge in [0.2, 0.25) is 11.8 Å². The smallest absolute Gasteiger partial charge is 0.224 e. The van der Waals surface area contributed by atoms with Crippen LogP contribution in [0.4, 0.5) is 5.69 Å². The van der Waals surface area contributed by atoms with Crippen molar-refractivity contribution >= 4 is 17.5 Å². The van der Waals surface area contributed by atoms with Gasteiger partial charge in [-0.05, 0) is 24.1 Å². The zero-order chi connectivity index (χ0) is 19.8. The number of hydrogen-bond acceptors (Lipinski definition) is 3. The van der Waals surface area contributed by atoms with E-state index in [1.165, 1.54) is 11.3 Å². The number of hydrogen-bond donors (Lipinski definition) is 0. The minimum Gasteiger partial charge on any atom is -0.368 e. The van der Waals surface area contributed by atoms with Gasteiger partial charge in [-0.1, -0.05) is 48.5 Å². The Morgan fingerprint density at radius 3 is 2.07 bits per heavy atom. The highest BCUT2D eigenvalue weighted by Crippen LogP contribution is 2.16. The van der Waals surface area contributed by atoms with Crippen LogP contribution in [0.25, 0.3) is 0 Å². The number of para-hydroxylation sites is 1. The predicted molar refractivity (Wildman–Crippen MR) is 112 cm³/mol. The lowest BCUT2D eigenvalue weighted by molar-refractivity contribution is -0.133. The third kappa shape index (κ3) is 5.59. The van der Waals surface area contributed by atoms with E-state index in [0.717, 1.165) is 32.6 Å². The maximum absolute atomic E-state index is 12.6. The molecule has 5 nitrogen and oxygen atoms in total. The van der Waals surface area contributed by atoms with E-state index in [-0.39, 0.29) is 11.8 Å². The minimum atomic E-state index is 0.0256. The van der Waals surface area contributed by atoms with Crippen LogP contribution >= 0.6 is 0 Å². The van der Waals surface area contributed by atoms with Crippen LogP contribution in [0.3, 0.4) is 0 Å². The quantitative estimate of drug-likeness (QED) is 0.743. The molecule has 5 heteroatoms. The highest BCUT2D eigenvalue weighted by Gasteiger charge is 2.22. The van der Waals surface area contributed by atoms with Gasteiger partial charge in [0.05, 0.1) is 0 Å². The number of carbonyl (C=O) groups excluding carboxylic acids is 2. The van der Waals surface area contributed by atoms with E-state index in [2.05, 4.69) is 29.2 Å². The molecular weight excluding hydrogens is 350 g/mol. The fraction of sp³-hybridized carbons (Fsp3) is 0.391. The van der Waals surface area contributed by atoms with Crippen LogP contribution in [0.5, 0.6) is 0 Å². The van der Waals surface area contributed by atoms with E-state index in [4.69, 9.17) is 0 Å². The summed E-state index contributed by atoms with van der Waals surface area (Å²) in [5.41, 5.74) is 2.41. The molecule has 0 saturated carbocycles. The molecule has 0 spiro atoms. The van der Waals surface area contributed by atoms with Gasteiger partial charge in [0, 0.05) is 58.3 Å². The number of anilines is 1. The van der Waals surface area contributed by atoms with Crippen molar-refractivity contribution in [1.82, 2.24) is 9.80 Å². The van der Waals surface area contributed by atoms with Crippen molar-refractivity contribution in [1.29, 1.82) is 0 Å². The van der Waals surface area contributed by atoms with Crippen LogP contribution in [0.1, 0.15) is 18.9 Å². The molecule has 1 aliphatic rings. The Morgan fingerprint density at radius 1 is 0.857 bits per heavy atom. The molecule has 0 unspecified atom stereocenters. The molecule has 1 aliphatic heterocycles. The highest BCUT2D eigenvalue weighted by molar-refractivity contribution is 5.78. The van der Waals surface area contributed by atoms with E-state index in [0.29, 0.717) is 19.5 Å². The molecule has 1 heterocycles. The predicted octanol–water partition coefficient (Wildman–Crippen LogP) is 2.82. The second-order valence-electron chi connectivity index (χ2n) is 7.20. The van der Waals surface area contributed by atoms with Crippen molar-refractivity contribution in [3.63, 3.8) is 0 Å². The second-order valence-corrected chi connectivity index (χ2v) is 7.20. The second kappa shape index (κ2) is 9.93. The fourth-order valence-electron chi connectivity index (χ4n) is 3.58. The first-order chi connectivity index (χ1) is 13.6. The number of carbonyl (C=O) groups is 2. The first-order valence-electron chi connectivity index (χ1n) is 10.0. The average molecular weight is 380 g/mol. The fourth-order valence-corrected chi connectivity index (χ4v) is 3.58. The summed E-state index contributed by atoms with van der Waals surface area (Å²) >= 11 is 0. The molecule has 0 bridgehead atoms. The minimum absolute atomic E-state index is 0.0256. The van der Waals surface area contributed by atoms with Crippen LogP contribution in [0.15, 0.2) is 60.7 Å². The lowest BCUT2D eigenvalue weighted by atomic mass is 10.1.